The number of nitrogens with one attached hydrogen (secondary N) is 1. The van der Waals surface area contributed by atoms with Crippen LogP contribution in [0.1, 0.15) is 31.4 Å². The Balaban J connectivity index is 2.97. The Labute approximate surface area is 131 Å². The smallest absolute Gasteiger partial charge is 0.308 e. The second kappa shape index (κ2) is 8.82. The normalized spacial score (nSPS) is 13.2. The molecule has 1 aromatic carbocycles. The molecular formula is C18H23NO3. The Hall–Kier alpha value is -2.36. The largest absolute Gasteiger partial charge is 0.481 e. The fourth-order valence-electron chi connectivity index (χ4n) is 2.28. The maximum Gasteiger partial charge on any atom is 0.308 e. The highest BCUT2D eigenvalue weighted by molar-refractivity contribution is 5.80. The van der Waals surface area contributed by atoms with Crippen molar-refractivity contribution in [1.29, 1.82) is 0 Å². The van der Waals surface area contributed by atoms with Gasteiger partial charge in [0.05, 0.1) is 12.0 Å². The highest BCUT2D eigenvalue weighted by Gasteiger charge is 2.28. The van der Waals surface area contributed by atoms with E-state index in [1.807, 2.05) is 30.3 Å². The quantitative estimate of drug-likeness (QED) is 0.687. The van der Waals surface area contributed by atoms with Crippen LogP contribution in [0, 0.1) is 11.8 Å². The fourth-order valence-corrected chi connectivity index (χ4v) is 2.28. The fraction of sp³-hybridized carbons (Fsp3) is 0.333. The Kier molecular flexibility index (Phi) is 7.09. The number of rotatable bonds is 9. The van der Waals surface area contributed by atoms with Crippen LogP contribution in [0.25, 0.3) is 0 Å². The van der Waals surface area contributed by atoms with E-state index in [1.54, 1.807) is 19.1 Å². The second-order valence-electron chi connectivity index (χ2n) is 5.27. The zero-order valence-corrected chi connectivity index (χ0v) is 12.9. The molecule has 1 aromatic rings. The summed E-state index contributed by atoms with van der Waals surface area (Å²) in [5.41, 5.74) is 0.779. The number of carbonyl (C=O) groups excluding carboxylic acids is 1. The van der Waals surface area contributed by atoms with Crippen molar-refractivity contribution in [1.82, 2.24) is 5.32 Å². The van der Waals surface area contributed by atoms with Crippen LogP contribution in [0.15, 0.2) is 55.6 Å². The van der Waals surface area contributed by atoms with E-state index in [0.717, 1.165) is 5.56 Å². The first-order valence-electron chi connectivity index (χ1n) is 7.31. The number of allylic oxidation sites excluding steroid dienone is 2. The monoisotopic (exact) mass is 301 g/mol. The first kappa shape index (κ1) is 17.7. The van der Waals surface area contributed by atoms with Crippen LogP contribution in [0.2, 0.25) is 0 Å². The standard InChI is InChI=1S/C18H23NO3/c1-4-9-15(10-5-2)17(20)19-16(13(3)18(21)22)14-11-7-6-8-12-14/h4-8,11-13,15-16H,1-2,9-10H2,3H3,(H,19,20)(H,21,22). The molecule has 0 bridgehead atoms. The lowest BCUT2D eigenvalue weighted by molar-refractivity contribution is -0.142. The number of aliphatic carboxylic acids is 1. The maximum atomic E-state index is 12.4. The minimum atomic E-state index is -0.946. The van der Waals surface area contributed by atoms with Gasteiger partial charge in [0.25, 0.3) is 0 Å². The van der Waals surface area contributed by atoms with Gasteiger partial charge in [-0.15, -0.1) is 13.2 Å². The van der Waals surface area contributed by atoms with Crippen molar-refractivity contribution in [3.8, 4) is 0 Å². The van der Waals surface area contributed by atoms with Crippen molar-refractivity contribution in [3.05, 3.63) is 61.2 Å². The summed E-state index contributed by atoms with van der Waals surface area (Å²) in [4.78, 5) is 23.8. The van der Waals surface area contributed by atoms with Gasteiger partial charge in [0.1, 0.15) is 0 Å². The first-order chi connectivity index (χ1) is 10.5. The summed E-state index contributed by atoms with van der Waals surface area (Å²) < 4.78 is 0. The van der Waals surface area contributed by atoms with E-state index >= 15 is 0 Å². The summed E-state index contributed by atoms with van der Waals surface area (Å²) in [5.74, 6) is -2.12. The SMILES string of the molecule is C=CCC(CC=C)C(=O)NC(c1ccccc1)C(C)C(=O)O. The van der Waals surface area contributed by atoms with E-state index in [2.05, 4.69) is 18.5 Å². The molecule has 0 heterocycles. The van der Waals surface area contributed by atoms with Crippen LogP contribution in [-0.4, -0.2) is 17.0 Å². The molecule has 2 unspecified atom stereocenters. The molecule has 4 nitrogen and oxygen atoms in total. The van der Waals surface area contributed by atoms with Crippen LogP contribution in [0.3, 0.4) is 0 Å². The third-order valence-electron chi connectivity index (χ3n) is 3.62. The lowest BCUT2D eigenvalue weighted by atomic mass is 9.92. The van der Waals surface area contributed by atoms with Gasteiger partial charge < -0.3 is 10.4 Å². The zero-order chi connectivity index (χ0) is 16.5. The van der Waals surface area contributed by atoms with Crippen LogP contribution in [-0.2, 0) is 9.59 Å². The lowest BCUT2D eigenvalue weighted by Crippen LogP contribution is -2.38. The molecule has 0 aliphatic carbocycles. The average molecular weight is 301 g/mol. The molecule has 0 fully saturated rings. The Morgan fingerprint density at radius 1 is 1.18 bits per heavy atom. The van der Waals surface area contributed by atoms with Gasteiger partial charge in [-0.1, -0.05) is 42.5 Å². The highest BCUT2D eigenvalue weighted by Crippen LogP contribution is 2.23. The zero-order valence-electron chi connectivity index (χ0n) is 12.9. The van der Waals surface area contributed by atoms with E-state index in [9.17, 15) is 14.7 Å². The number of hydrogen-bond acceptors (Lipinski definition) is 2. The summed E-state index contributed by atoms with van der Waals surface area (Å²) in [6, 6.07) is 8.58. The number of carboxylic acids is 1. The molecule has 2 atom stereocenters. The number of hydrogen-bond donors (Lipinski definition) is 2. The van der Waals surface area contributed by atoms with Gasteiger partial charge in [-0.25, -0.2) is 0 Å². The van der Waals surface area contributed by atoms with Crippen molar-refractivity contribution in [2.45, 2.75) is 25.8 Å². The average Bonchev–Trinajstić information content (AvgIpc) is 2.52. The molecule has 4 heteroatoms. The summed E-state index contributed by atoms with van der Waals surface area (Å²) in [6.45, 7) is 8.91. The van der Waals surface area contributed by atoms with Gasteiger partial charge in [-0.05, 0) is 25.3 Å². The van der Waals surface area contributed by atoms with Crippen molar-refractivity contribution < 1.29 is 14.7 Å². The molecule has 0 aliphatic heterocycles. The van der Waals surface area contributed by atoms with E-state index < -0.39 is 17.9 Å². The molecule has 0 spiro atoms. The molecule has 2 N–H and O–H groups in total. The molecule has 0 aromatic heterocycles. The van der Waals surface area contributed by atoms with Crippen molar-refractivity contribution in [3.63, 3.8) is 0 Å². The van der Waals surface area contributed by atoms with Crippen molar-refractivity contribution >= 4 is 11.9 Å². The third kappa shape index (κ3) is 4.88. The Morgan fingerprint density at radius 3 is 2.18 bits per heavy atom. The molecule has 22 heavy (non-hydrogen) atoms. The highest BCUT2D eigenvalue weighted by atomic mass is 16.4. The molecular weight excluding hydrogens is 278 g/mol. The van der Waals surface area contributed by atoms with Crippen molar-refractivity contribution in [2.75, 3.05) is 0 Å². The van der Waals surface area contributed by atoms with Crippen molar-refractivity contribution in [2.24, 2.45) is 11.8 Å². The van der Waals surface area contributed by atoms with Gasteiger partial charge in [0.2, 0.25) is 5.91 Å². The molecule has 0 aliphatic rings. The second-order valence-corrected chi connectivity index (χ2v) is 5.27. The van der Waals surface area contributed by atoms with E-state index in [4.69, 9.17) is 0 Å². The topological polar surface area (TPSA) is 66.4 Å². The Bertz CT molecular complexity index is 514. The van der Waals surface area contributed by atoms with Gasteiger partial charge in [-0.2, -0.15) is 0 Å². The number of amides is 1. The lowest BCUT2D eigenvalue weighted by Gasteiger charge is -2.25. The summed E-state index contributed by atoms with van der Waals surface area (Å²) in [7, 11) is 0. The van der Waals surface area contributed by atoms with Crippen LogP contribution in [0.4, 0.5) is 0 Å². The molecule has 1 amide bonds. The summed E-state index contributed by atoms with van der Waals surface area (Å²) in [6.07, 6.45) is 4.43. The van der Waals surface area contributed by atoms with Crippen LogP contribution >= 0.6 is 0 Å². The molecule has 1 rings (SSSR count). The minimum absolute atomic E-state index is 0.179. The van der Waals surface area contributed by atoms with Crippen LogP contribution in [0.5, 0.6) is 0 Å². The van der Waals surface area contributed by atoms with E-state index in [1.165, 1.54) is 0 Å². The van der Waals surface area contributed by atoms with Gasteiger partial charge in [0, 0.05) is 5.92 Å². The van der Waals surface area contributed by atoms with Gasteiger partial charge >= 0.3 is 5.97 Å². The molecule has 0 saturated carbocycles. The first-order valence-corrected chi connectivity index (χ1v) is 7.31. The molecule has 118 valence electrons. The minimum Gasteiger partial charge on any atom is -0.481 e. The van der Waals surface area contributed by atoms with Gasteiger partial charge in [-0.3, -0.25) is 9.59 Å². The van der Waals surface area contributed by atoms with Gasteiger partial charge in [0.15, 0.2) is 0 Å². The summed E-state index contributed by atoms with van der Waals surface area (Å²) >= 11 is 0. The maximum absolute atomic E-state index is 12.4. The predicted molar refractivity (Wildman–Crippen MR) is 87.2 cm³/mol. The van der Waals surface area contributed by atoms with E-state index in [-0.39, 0.29) is 11.8 Å². The summed E-state index contributed by atoms with van der Waals surface area (Å²) in [5, 5.41) is 12.2. The predicted octanol–water partition coefficient (Wildman–Crippen LogP) is 3.33. The molecule has 0 saturated heterocycles. The Morgan fingerprint density at radius 2 is 1.73 bits per heavy atom. The van der Waals surface area contributed by atoms with E-state index in [0.29, 0.717) is 12.8 Å². The van der Waals surface area contributed by atoms with Crippen LogP contribution < -0.4 is 5.32 Å². The number of benzene rings is 1. The number of carboxylic acid groups (broad SMARTS) is 1. The number of carbonyl (C=O) groups is 2. The third-order valence-corrected chi connectivity index (χ3v) is 3.62. The molecule has 0 radical (unpaired) electrons.